The van der Waals surface area contributed by atoms with Crippen molar-refractivity contribution in [3.63, 3.8) is 0 Å². The van der Waals surface area contributed by atoms with Gasteiger partial charge in [-0.3, -0.25) is 9.59 Å². The van der Waals surface area contributed by atoms with Crippen molar-refractivity contribution in [3.05, 3.63) is 34.7 Å². The molecule has 1 N–H and O–H groups in total. The fourth-order valence-electron chi connectivity index (χ4n) is 3.77. The van der Waals surface area contributed by atoms with E-state index in [-0.39, 0.29) is 24.3 Å². The Morgan fingerprint density at radius 2 is 2.03 bits per heavy atom. The van der Waals surface area contributed by atoms with E-state index in [1.54, 1.807) is 14.0 Å². The van der Waals surface area contributed by atoms with Gasteiger partial charge in [0.05, 0.1) is 18.7 Å². The zero-order valence-electron chi connectivity index (χ0n) is 17.5. The van der Waals surface area contributed by atoms with Crippen LogP contribution in [0.4, 0.5) is 0 Å². The van der Waals surface area contributed by atoms with Crippen LogP contribution in [0, 0.1) is 13.8 Å². The lowest BCUT2D eigenvalue weighted by atomic mass is 9.96. The highest BCUT2D eigenvalue weighted by Crippen LogP contribution is 2.26. The van der Waals surface area contributed by atoms with Crippen LogP contribution in [0.15, 0.2) is 10.6 Å². The second-order valence-electron chi connectivity index (χ2n) is 7.44. The molecule has 3 rings (SSSR count). The predicted molar refractivity (Wildman–Crippen MR) is 105 cm³/mol. The summed E-state index contributed by atoms with van der Waals surface area (Å²) in [7, 11) is 1.66. The summed E-state index contributed by atoms with van der Waals surface area (Å²) in [5, 5.41) is 6.93. The summed E-state index contributed by atoms with van der Waals surface area (Å²) < 4.78 is 12.5. The van der Waals surface area contributed by atoms with Gasteiger partial charge in [0, 0.05) is 51.0 Å². The first-order chi connectivity index (χ1) is 13.9. The van der Waals surface area contributed by atoms with Gasteiger partial charge in [0.1, 0.15) is 0 Å². The fraction of sp³-hybridized carbons (Fsp3) is 0.600. The lowest BCUT2D eigenvalue weighted by Crippen LogP contribution is -2.36. The summed E-state index contributed by atoms with van der Waals surface area (Å²) in [4.78, 5) is 30.3. The molecule has 29 heavy (non-hydrogen) atoms. The van der Waals surface area contributed by atoms with Crippen LogP contribution < -0.4 is 5.32 Å². The minimum Gasteiger partial charge on any atom is -0.383 e. The molecule has 0 unspecified atom stereocenters. The Kier molecular flexibility index (Phi) is 6.68. The monoisotopic (exact) mass is 403 g/mol. The number of amides is 2. The minimum atomic E-state index is -0.170. The van der Waals surface area contributed by atoms with Gasteiger partial charge in [0.15, 0.2) is 5.82 Å². The van der Waals surface area contributed by atoms with Gasteiger partial charge in [-0.05, 0) is 32.8 Å². The van der Waals surface area contributed by atoms with Gasteiger partial charge < -0.3 is 24.0 Å². The quantitative estimate of drug-likeness (QED) is 0.756. The molecule has 0 bridgehead atoms. The first kappa shape index (κ1) is 21.0. The van der Waals surface area contributed by atoms with Gasteiger partial charge in [-0.25, -0.2) is 0 Å². The highest BCUT2D eigenvalue weighted by Gasteiger charge is 2.26. The van der Waals surface area contributed by atoms with Crippen molar-refractivity contribution in [2.75, 3.05) is 26.8 Å². The van der Waals surface area contributed by atoms with E-state index in [2.05, 4.69) is 20.0 Å². The van der Waals surface area contributed by atoms with E-state index in [9.17, 15) is 9.59 Å². The number of aromatic nitrogens is 3. The van der Waals surface area contributed by atoms with Crippen molar-refractivity contribution in [3.8, 4) is 0 Å². The average Bonchev–Trinajstić information content (AvgIpc) is 3.29. The van der Waals surface area contributed by atoms with E-state index in [1.807, 2.05) is 24.8 Å². The standard InChI is InChI=1S/C20H29N5O4/c1-13-11-17(14(2)25(13)9-10-28-4)20(27)21-12-18-22-19(23-29-18)16-5-7-24(8-6-16)15(3)26/h11,16H,5-10,12H2,1-4H3,(H,21,27). The van der Waals surface area contributed by atoms with E-state index in [0.29, 0.717) is 43.5 Å². The molecular weight excluding hydrogens is 374 g/mol. The van der Waals surface area contributed by atoms with E-state index < -0.39 is 0 Å². The third-order valence-electron chi connectivity index (χ3n) is 5.53. The molecule has 1 fully saturated rings. The Labute approximate surface area is 170 Å². The largest absolute Gasteiger partial charge is 0.383 e. The van der Waals surface area contributed by atoms with Crippen LogP contribution >= 0.6 is 0 Å². The number of hydrogen-bond donors (Lipinski definition) is 1. The maximum absolute atomic E-state index is 12.6. The second kappa shape index (κ2) is 9.21. The van der Waals surface area contributed by atoms with Gasteiger partial charge in [-0.15, -0.1) is 0 Å². The zero-order valence-corrected chi connectivity index (χ0v) is 17.5. The summed E-state index contributed by atoms with van der Waals surface area (Å²) in [5.41, 5.74) is 2.55. The van der Waals surface area contributed by atoms with Crippen molar-refractivity contribution < 1.29 is 18.8 Å². The number of carbonyl (C=O) groups is 2. The van der Waals surface area contributed by atoms with E-state index >= 15 is 0 Å². The predicted octanol–water partition coefficient (Wildman–Crippen LogP) is 1.79. The van der Waals surface area contributed by atoms with E-state index in [4.69, 9.17) is 9.26 Å². The molecule has 2 aromatic heterocycles. The molecule has 0 aliphatic carbocycles. The molecule has 1 aliphatic heterocycles. The van der Waals surface area contributed by atoms with Gasteiger partial charge in [-0.1, -0.05) is 5.16 Å². The molecule has 0 saturated carbocycles. The summed E-state index contributed by atoms with van der Waals surface area (Å²) in [5.74, 6) is 1.14. The zero-order chi connectivity index (χ0) is 21.0. The van der Waals surface area contributed by atoms with Crippen molar-refractivity contribution in [2.45, 2.75) is 52.6 Å². The fourth-order valence-corrected chi connectivity index (χ4v) is 3.77. The third-order valence-corrected chi connectivity index (χ3v) is 5.53. The number of ether oxygens (including phenoxy) is 1. The molecule has 158 valence electrons. The van der Waals surface area contributed by atoms with Crippen LogP contribution in [0.25, 0.3) is 0 Å². The highest BCUT2D eigenvalue weighted by atomic mass is 16.5. The van der Waals surface area contributed by atoms with E-state index in [0.717, 1.165) is 24.2 Å². The van der Waals surface area contributed by atoms with Crippen molar-refractivity contribution in [1.29, 1.82) is 0 Å². The first-order valence-electron chi connectivity index (χ1n) is 9.92. The number of aryl methyl sites for hydroxylation is 1. The maximum Gasteiger partial charge on any atom is 0.253 e. The Morgan fingerprint density at radius 1 is 1.31 bits per heavy atom. The van der Waals surface area contributed by atoms with Crippen molar-refractivity contribution in [2.24, 2.45) is 0 Å². The molecule has 0 atom stereocenters. The smallest absolute Gasteiger partial charge is 0.253 e. The van der Waals surface area contributed by atoms with Crippen LogP contribution in [0.2, 0.25) is 0 Å². The van der Waals surface area contributed by atoms with Gasteiger partial charge in [0.25, 0.3) is 5.91 Å². The Morgan fingerprint density at radius 3 is 2.69 bits per heavy atom. The molecule has 2 aromatic rings. The molecular formula is C20H29N5O4. The van der Waals surface area contributed by atoms with Crippen LogP contribution in [-0.4, -0.2) is 58.2 Å². The maximum atomic E-state index is 12.6. The molecule has 1 aliphatic rings. The SMILES string of the molecule is COCCn1c(C)cc(C(=O)NCc2nc(C3CCN(C(C)=O)CC3)no2)c1C. The summed E-state index contributed by atoms with van der Waals surface area (Å²) in [6, 6.07) is 1.88. The molecule has 2 amide bonds. The van der Waals surface area contributed by atoms with Crippen LogP contribution in [0.5, 0.6) is 0 Å². The van der Waals surface area contributed by atoms with Crippen molar-refractivity contribution in [1.82, 2.24) is 24.9 Å². The van der Waals surface area contributed by atoms with Gasteiger partial charge >= 0.3 is 0 Å². The Bertz CT molecular complexity index is 864. The number of carbonyl (C=O) groups excluding carboxylic acids is 2. The normalized spacial score (nSPS) is 15.0. The highest BCUT2D eigenvalue weighted by molar-refractivity contribution is 5.95. The summed E-state index contributed by atoms with van der Waals surface area (Å²) in [6.07, 6.45) is 1.64. The lowest BCUT2D eigenvalue weighted by molar-refractivity contribution is -0.129. The lowest BCUT2D eigenvalue weighted by Gasteiger charge is -2.29. The minimum absolute atomic E-state index is 0.0987. The number of methoxy groups -OCH3 is 1. The molecule has 9 nitrogen and oxygen atoms in total. The van der Waals surface area contributed by atoms with Gasteiger partial charge in [0.2, 0.25) is 11.8 Å². The van der Waals surface area contributed by atoms with Crippen LogP contribution in [0.3, 0.4) is 0 Å². The van der Waals surface area contributed by atoms with E-state index in [1.165, 1.54) is 0 Å². The average molecular weight is 403 g/mol. The third kappa shape index (κ3) is 4.84. The first-order valence-corrected chi connectivity index (χ1v) is 9.92. The van der Waals surface area contributed by atoms with Crippen molar-refractivity contribution >= 4 is 11.8 Å². The number of nitrogens with zero attached hydrogens (tertiary/aromatic N) is 4. The van der Waals surface area contributed by atoms with Gasteiger partial charge in [-0.2, -0.15) is 4.98 Å². The summed E-state index contributed by atoms with van der Waals surface area (Å²) in [6.45, 7) is 8.38. The number of likely N-dealkylation sites (tertiary alicyclic amines) is 1. The molecule has 3 heterocycles. The Hall–Kier alpha value is -2.68. The number of piperidine rings is 1. The topological polar surface area (TPSA) is 102 Å². The summed E-state index contributed by atoms with van der Waals surface area (Å²) >= 11 is 0. The molecule has 1 saturated heterocycles. The number of rotatable bonds is 7. The number of nitrogens with one attached hydrogen (secondary N) is 1. The van der Waals surface area contributed by atoms with Crippen LogP contribution in [-0.2, 0) is 22.6 Å². The second-order valence-corrected chi connectivity index (χ2v) is 7.44. The Balaban J connectivity index is 1.56. The number of hydrogen-bond acceptors (Lipinski definition) is 6. The molecule has 0 aromatic carbocycles. The molecule has 0 spiro atoms. The molecule has 9 heteroatoms. The molecule has 0 radical (unpaired) electrons. The van der Waals surface area contributed by atoms with Crippen LogP contribution in [0.1, 0.15) is 59.1 Å².